The predicted molar refractivity (Wildman–Crippen MR) is 89.2 cm³/mol. The summed E-state index contributed by atoms with van der Waals surface area (Å²) >= 11 is 0. The summed E-state index contributed by atoms with van der Waals surface area (Å²) in [4.78, 5) is 16.8. The van der Waals surface area contributed by atoms with Crippen molar-refractivity contribution in [1.29, 1.82) is 5.26 Å². The van der Waals surface area contributed by atoms with Gasteiger partial charge in [0.05, 0.1) is 24.4 Å². The van der Waals surface area contributed by atoms with Gasteiger partial charge in [-0.2, -0.15) is 5.26 Å². The van der Waals surface area contributed by atoms with Crippen LogP contribution in [0.25, 0.3) is 0 Å². The molecule has 2 fully saturated rings. The lowest BCUT2D eigenvalue weighted by molar-refractivity contribution is -0.117. The van der Waals surface area contributed by atoms with E-state index < -0.39 is 0 Å². The summed E-state index contributed by atoms with van der Waals surface area (Å²) in [5, 5.41) is 9.06. The van der Waals surface area contributed by atoms with E-state index in [4.69, 9.17) is 9.68 Å². The molecule has 1 atom stereocenters. The van der Waals surface area contributed by atoms with Gasteiger partial charge >= 0.3 is 0 Å². The predicted octanol–water partition coefficient (Wildman–Crippen LogP) is 2.78. The van der Waals surface area contributed by atoms with Crippen LogP contribution in [0.5, 0.6) is 0 Å². The van der Waals surface area contributed by atoms with E-state index in [1.807, 2.05) is 29.2 Å². The fourth-order valence-electron chi connectivity index (χ4n) is 3.93. The Labute approximate surface area is 141 Å². The summed E-state index contributed by atoms with van der Waals surface area (Å²) in [6, 6.07) is 13.3. The maximum atomic E-state index is 12.6. The molecule has 0 saturated carbocycles. The van der Waals surface area contributed by atoms with E-state index in [0.29, 0.717) is 12.0 Å². The zero-order valence-electron chi connectivity index (χ0n) is 13.4. The smallest absolute Gasteiger partial charge is 0.227 e. The van der Waals surface area contributed by atoms with Gasteiger partial charge in [0.25, 0.3) is 0 Å². The van der Waals surface area contributed by atoms with Gasteiger partial charge in [-0.05, 0) is 43.3 Å². The summed E-state index contributed by atoms with van der Waals surface area (Å²) in [6.07, 6.45) is 3.30. The maximum Gasteiger partial charge on any atom is 0.227 e. The van der Waals surface area contributed by atoms with Crippen molar-refractivity contribution in [1.82, 2.24) is 4.90 Å². The van der Waals surface area contributed by atoms with Crippen molar-refractivity contribution in [3.05, 3.63) is 54.0 Å². The van der Waals surface area contributed by atoms with Crippen LogP contribution in [0.15, 0.2) is 47.1 Å². The molecule has 1 aromatic heterocycles. The molecule has 0 bridgehead atoms. The minimum Gasteiger partial charge on any atom is -0.468 e. The molecule has 2 aliphatic rings. The topological polar surface area (TPSA) is 60.5 Å². The van der Waals surface area contributed by atoms with E-state index in [2.05, 4.69) is 11.0 Å². The van der Waals surface area contributed by atoms with Crippen molar-refractivity contribution in [2.75, 3.05) is 24.5 Å². The first-order valence-electron chi connectivity index (χ1n) is 8.23. The number of likely N-dealkylation sites (tertiary alicyclic amines) is 1. The zero-order valence-corrected chi connectivity index (χ0v) is 13.4. The Balaban J connectivity index is 1.48. The van der Waals surface area contributed by atoms with E-state index in [-0.39, 0.29) is 11.3 Å². The quantitative estimate of drug-likeness (QED) is 0.872. The molecule has 2 aliphatic heterocycles. The highest BCUT2D eigenvalue weighted by Gasteiger charge is 2.47. The molecule has 24 heavy (non-hydrogen) atoms. The lowest BCUT2D eigenvalue weighted by Crippen LogP contribution is -2.31. The van der Waals surface area contributed by atoms with Crippen molar-refractivity contribution in [2.45, 2.75) is 19.4 Å². The van der Waals surface area contributed by atoms with E-state index in [9.17, 15) is 4.79 Å². The van der Waals surface area contributed by atoms with Crippen molar-refractivity contribution >= 4 is 11.6 Å². The van der Waals surface area contributed by atoms with Gasteiger partial charge in [0.2, 0.25) is 5.91 Å². The van der Waals surface area contributed by atoms with Crippen LogP contribution in [0.4, 0.5) is 5.69 Å². The minimum absolute atomic E-state index is 0.0202. The third-order valence-electron chi connectivity index (χ3n) is 5.08. The Morgan fingerprint density at radius 3 is 2.96 bits per heavy atom. The number of anilines is 1. The number of nitrogens with zero attached hydrogens (tertiary/aromatic N) is 3. The molecular weight excluding hydrogens is 302 g/mol. The molecular formula is C19H19N3O2. The Morgan fingerprint density at radius 2 is 2.17 bits per heavy atom. The first-order valence-corrected chi connectivity index (χ1v) is 8.23. The summed E-state index contributed by atoms with van der Waals surface area (Å²) in [5.41, 5.74) is 1.44. The van der Waals surface area contributed by atoms with Gasteiger partial charge < -0.3 is 9.32 Å². The molecule has 1 amide bonds. The van der Waals surface area contributed by atoms with Crippen molar-refractivity contribution in [2.24, 2.45) is 5.41 Å². The molecule has 2 aromatic rings. The molecule has 0 radical (unpaired) electrons. The fraction of sp³-hybridized carbons (Fsp3) is 0.368. The van der Waals surface area contributed by atoms with Gasteiger partial charge in [0.1, 0.15) is 5.76 Å². The molecule has 3 heterocycles. The van der Waals surface area contributed by atoms with Crippen molar-refractivity contribution < 1.29 is 9.21 Å². The molecule has 4 rings (SSSR count). The first-order chi connectivity index (χ1) is 11.7. The molecule has 1 spiro atoms. The Bertz CT molecular complexity index is 793. The second-order valence-corrected chi connectivity index (χ2v) is 6.86. The van der Waals surface area contributed by atoms with Crippen LogP contribution in [0, 0.1) is 16.7 Å². The van der Waals surface area contributed by atoms with Crippen LogP contribution in [-0.2, 0) is 11.3 Å². The van der Waals surface area contributed by atoms with Gasteiger partial charge in [-0.15, -0.1) is 0 Å². The molecule has 0 N–H and O–H groups in total. The number of hydrogen-bond acceptors (Lipinski definition) is 4. The molecule has 0 aliphatic carbocycles. The van der Waals surface area contributed by atoms with Crippen LogP contribution in [0.2, 0.25) is 0 Å². The number of rotatable bonds is 3. The van der Waals surface area contributed by atoms with E-state index in [1.54, 1.807) is 18.4 Å². The highest BCUT2D eigenvalue weighted by atomic mass is 16.3. The van der Waals surface area contributed by atoms with Crippen LogP contribution >= 0.6 is 0 Å². The van der Waals surface area contributed by atoms with Crippen LogP contribution < -0.4 is 4.90 Å². The SMILES string of the molecule is N#Cc1cccc(N2C[C@@]3(CCN(Cc4ccco4)C3)CC2=O)c1. The monoisotopic (exact) mass is 321 g/mol. The number of amides is 1. The zero-order chi connectivity index (χ0) is 16.6. The summed E-state index contributed by atoms with van der Waals surface area (Å²) in [5.74, 6) is 1.12. The second-order valence-electron chi connectivity index (χ2n) is 6.86. The average Bonchev–Trinajstić information content (AvgIpc) is 3.30. The van der Waals surface area contributed by atoms with Crippen LogP contribution in [0.1, 0.15) is 24.2 Å². The molecule has 5 heteroatoms. The number of carbonyl (C=O) groups excluding carboxylic acids is 1. The Kier molecular flexibility index (Phi) is 3.62. The van der Waals surface area contributed by atoms with Gasteiger partial charge in [-0.1, -0.05) is 6.07 Å². The third-order valence-corrected chi connectivity index (χ3v) is 5.08. The maximum absolute atomic E-state index is 12.6. The molecule has 0 unspecified atom stereocenters. The number of furan rings is 1. The van der Waals surface area contributed by atoms with Gasteiger partial charge in [-0.3, -0.25) is 9.69 Å². The molecule has 5 nitrogen and oxygen atoms in total. The number of carbonyl (C=O) groups is 1. The number of hydrogen-bond donors (Lipinski definition) is 0. The molecule has 1 aromatic carbocycles. The Morgan fingerprint density at radius 1 is 1.25 bits per heavy atom. The van der Waals surface area contributed by atoms with Gasteiger partial charge in [0.15, 0.2) is 0 Å². The highest BCUT2D eigenvalue weighted by molar-refractivity contribution is 5.96. The summed E-state index contributed by atoms with van der Waals surface area (Å²) in [6.45, 7) is 3.43. The molecule has 122 valence electrons. The minimum atomic E-state index is 0.0202. The van der Waals surface area contributed by atoms with Crippen molar-refractivity contribution in [3.8, 4) is 6.07 Å². The lowest BCUT2D eigenvalue weighted by Gasteiger charge is -2.24. The summed E-state index contributed by atoms with van der Waals surface area (Å²) in [7, 11) is 0. The Hall–Kier alpha value is -2.58. The summed E-state index contributed by atoms with van der Waals surface area (Å²) < 4.78 is 5.43. The largest absolute Gasteiger partial charge is 0.468 e. The van der Waals surface area contributed by atoms with Crippen LogP contribution in [-0.4, -0.2) is 30.4 Å². The van der Waals surface area contributed by atoms with E-state index >= 15 is 0 Å². The van der Waals surface area contributed by atoms with Crippen LogP contribution in [0.3, 0.4) is 0 Å². The highest BCUT2D eigenvalue weighted by Crippen LogP contribution is 2.42. The first kappa shape index (κ1) is 15.0. The van der Waals surface area contributed by atoms with Gasteiger partial charge in [-0.25, -0.2) is 0 Å². The fourth-order valence-corrected chi connectivity index (χ4v) is 3.93. The molecule has 2 saturated heterocycles. The van der Waals surface area contributed by atoms with E-state index in [1.165, 1.54) is 0 Å². The lowest BCUT2D eigenvalue weighted by atomic mass is 9.86. The number of nitriles is 1. The normalized spacial score (nSPS) is 24.0. The number of benzene rings is 1. The third kappa shape index (κ3) is 2.70. The average molecular weight is 321 g/mol. The van der Waals surface area contributed by atoms with Crippen molar-refractivity contribution in [3.63, 3.8) is 0 Å². The van der Waals surface area contributed by atoms with E-state index in [0.717, 1.165) is 44.0 Å². The standard InChI is InChI=1S/C19H19N3O2/c20-11-15-3-1-4-16(9-15)22-14-19(10-18(22)23)6-7-21(13-19)12-17-5-2-8-24-17/h1-5,8-9H,6-7,10,12-14H2/t19-/m0/s1. The van der Waals surface area contributed by atoms with Gasteiger partial charge in [0, 0.05) is 30.6 Å². The second kappa shape index (κ2) is 5.81.